The molecule has 3 aromatic rings. The molecule has 3 rings (SSSR count). The third kappa shape index (κ3) is 1.95. The zero-order chi connectivity index (χ0) is 14.3. The molecule has 3 nitrogen and oxygen atoms in total. The van der Waals surface area contributed by atoms with Gasteiger partial charge in [-0.3, -0.25) is 4.98 Å². The standard InChI is InChI=1S/C17H18N2O/c1-11(2)17(3,20)14-9-8-13-7-6-12-5-4-10-18-15(12)16(13)19-14/h4-11,20H,1-3H3. The monoisotopic (exact) mass is 266 g/mol. The van der Waals surface area contributed by atoms with E-state index in [4.69, 9.17) is 0 Å². The summed E-state index contributed by atoms with van der Waals surface area (Å²) < 4.78 is 0. The van der Waals surface area contributed by atoms with E-state index in [-0.39, 0.29) is 5.92 Å². The minimum Gasteiger partial charge on any atom is -0.384 e. The number of aromatic nitrogens is 2. The number of benzene rings is 1. The molecule has 0 radical (unpaired) electrons. The molecular weight excluding hydrogens is 248 g/mol. The normalized spacial score (nSPS) is 14.8. The number of hydrogen-bond acceptors (Lipinski definition) is 3. The number of aliphatic hydroxyl groups is 1. The van der Waals surface area contributed by atoms with Gasteiger partial charge >= 0.3 is 0 Å². The van der Waals surface area contributed by atoms with Crippen molar-refractivity contribution in [2.75, 3.05) is 0 Å². The van der Waals surface area contributed by atoms with E-state index in [0.717, 1.165) is 21.8 Å². The molecule has 1 aromatic carbocycles. The average Bonchev–Trinajstić information content (AvgIpc) is 2.46. The first-order chi connectivity index (χ1) is 9.50. The molecule has 0 bridgehead atoms. The van der Waals surface area contributed by atoms with Crippen molar-refractivity contribution in [2.45, 2.75) is 26.4 Å². The Hall–Kier alpha value is -2.00. The minimum atomic E-state index is -0.939. The lowest BCUT2D eigenvalue weighted by atomic mass is 9.88. The van der Waals surface area contributed by atoms with Crippen LogP contribution in [0.25, 0.3) is 21.8 Å². The van der Waals surface area contributed by atoms with Gasteiger partial charge in [-0.25, -0.2) is 4.98 Å². The summed E-state index contributed by atoms with van der Waals surface area (Å²) in [6, 6.07) is 11.9. The van der Waals surface area contributed by atoms with Crippen LogP contribution < -0.4 is 0 Å². The molecule has 1 atom stereocenters. The Morgan fingerprint density at radius 3 is 2.35 bits per heavy atom. The summed E-state index contributed by atoms with van der Waals surface area (Å²) in [6.45, 7) is 5.80. The first-order valence-corrected chi connectivity index (χ1v) is 6.87. The van der Waals surface area contributed by atoms with E-state index in [1.54, 1.807) is 6.20 Å². The molecule has 2 heterocycles. The van der Waals surface area contributed by atoms with Gasteiger partial charge in [0, 0.05) is 17.0 Å². The Bertz CT molecular complexity index is 778. The Kier molecular flexibility index (Phi) is 2.94. The molecule has 3 heteroatoms. The van der Waals surface area contributed by atoms with Crippen LogP contribution in [-0.4, -0.2) is 15.1 Å². The van der Waals surface area contributed by atoms with Crippen LogP contribution in [0.15, 0.2) is 42.6 Å². The minimum absolute atomic E-state index is 0.0929. The number of nitrogens with zero attached hydrogens (tertiary/aromatic N) is 2. The van der Waals surface area contributed by atoms with Crippen LogP contribution in [0.2, 0.25) is 0 Å². The van der Waals surface area contributed by atoms with E-state index in [9.17, 15) is 5.11 Å². The highest BCUT2D eigenvalue weighted by atomic mass is 16.3. The van der Waals surface area contributed by atoms with Crippen LogP contribution in [0.3, 0.4) is 0 Å². The molecule has 1 unspecified atom stereocenters. The second kappa shape index (κ2) is 4.53. The lowest BCUT2D eigenvalue weighted by Crippen LogP contribution is -2.29. The Balaban J connectivity index is 2.32. The molecule has 0 aliphatic rings. The van der Waals surface area contributed by atoms with Crippen molar-refractivity contribution in [3.63, 3.8) is 0 Å². The second-order valence-corrected chi connectivity index (χ2v) is 5.71. The summed E-state index contributed by atoms with van der Waals surface area (Å²) in [5.41, 5.74) is 1.48. The lowest BCUT2D eigenvalue weighted by molar-refractivity contribution is 0.00519. The fourth-order valence-corrected chi connectivity index (χ4v) is 2.30. The van der Waals surface area contributed by atoms with Crippen LogP contribution in [0, 0.1) is 5.92 Å². The topological polar surface area (TPSA) is 46.0 Å². The second-order valence-electron chi connectivity index (χ2n) is 5.71. The van der Waals surface area contributed by atoms with Gasteiger partial charge in [0.2, 0.25) is 0 Å². The van der Waals surface area contributed by atoms with Gasteiger partial charge in [-0.05, 0) is 25.0 Å². The van der Waals surface area contributed by atoms with E-state index in [0.29, 0.717) is 5.69 Å². The van der Waals surface area contributed by atoms with Crippen LogP contribution in [-0.2, 0) is 5.60 Å². The molecule has 102 valence electrons. The fraction of sp³-hybridized carbons (Fsp3) is 0.294. The lowest BCUT2D eigenvalue weighted by Gasteiger charge is -2.27. The third-order valence-corrected chi connectivity index (χ3v) is 4.07. The smallest absolute Gasteiger partial charge is 0.106 e. The quantitative estimate of drug-likeness (QED) is 0.720. The van der Waals surface area contributed by atoms with Crippen molar-refractivity contribution < 1.29 is 5.11 Å². The van der Waals surface area contributed by atoms with Crippen molar-refractivity contribution in [2.24, 2.45) is 5.92 Å². The van der Waals surface area contributed by atoms with Crippen LogP contribution >= 0.6 is 0 Å². The molecule has 0 fully saturated rings. The zero-order valence-corrected chi connectivity index (χ0v) is 12.0. The largest absolute Gasteiger partial charge is 0.384 e. The van der Waals surface area contributed by atoms with Crippen LogP contribution in [0.4, 0.5) is 0 Å². The summed E-state index contributed by atoms with van der Waals surface area (Å²) in [7, 11) is 0. The van der Waals surface area contributed by atoms with Gasteiger partial charge < -0.3 is 5.11 Å². The van der Waals surface area contributed by atoms with Gasteiger partial charge in [-0.2, -0.15) is 0 Å². The Labute approximate surface area is 118 Å². The van der Waals surface area contributed by atoms with Crippen LogP contribution in [0.5, 0.6) is 0 Å². The average molecular weight is 266 g/mol. The Morgan fingerprint density at radius 1 is 1.00 bits per heavy atom. The van der Waals surface area contributed by atoms with Crippen molar-refractivity contribution in [3.05, 3.63) is 48.3 Å². The highest BCUT2D eigenvalue weighted by molar-refractivity contribution is 6.02. The molecule has 0 amide bonds. The van der Waals surface area contributed by atoms with E-state index in [1.165, 1.54) is 0 Å². The number of fused-ring (bicyclic) bond motifs is 3. The maximum atomic E-state index is 10.6. The van der Waals surface area contributed by atoms with Gasteiger partial charge in [0.25, 0.3) is 0 Å². The SMILES string of the molecule is CC(C)C(C)(O)c1ccc2ccc3cccnc3c2n1. The fourth-order valence-electron chi connectivity index (χ4n) is 2.30. The Morgan fingerprint density at radius 2 is 1.65 bits per heavy atom. The summed E-state index contributed by atoms with van der Waals surface area (Å²) in [5, 5.41) is 12.7. The summed E-state index contributed by atoms with van der Waals surface area (Å²) in [6.07, 6.45) is 1.77. The highest BCUT2D eigenvalue weighted by Crippen LogP contribution is 2.30. The third-order valence-electron chi connectivity index (χ3n) is 4.07. The van der Waals surface area contributed by atoms with Crippen LogP contribution in [0.1, 0.15) is 26.5 Å². The number of pyridine rings is 2. The van der Waals surface area contributed by atoms with Gasteiger partial charge in [-0.15, -0.1) is 0 Å². The van der Waals surface area contributed by atoms with Crippen molar-refractivity contribution in [3.8, 4) is 0 Å². The summed E-state index contributed by atoms with van der Waals surface area (Å²) in [4.78, 5) is 9.12. The summed E-state index contributed by atoms with van der Waals surface area (Å²) in [5.74, 6) is 0.0929. The maximum Gasteiger partial charge on any atom is 0.106 e. The summed E-state index contributed by atoms with van der Waals surface area (Å²) >= 11 is 0. The number of hydrogen-bond donors (Lipinski definition) is 1. The van der Waals surface area contributed by atoms with E-state index in [2.05, 4.69) is 9.97 Å². The first kappa shape index (κ1) is 13.0. The van der Waals surface area contributed by atoms with Gasteiger partial charge in [-0.1, -0.05) is 38.1 Å². The van der Waals surface area contributed by atoms with Gasteiger partial charge in [0.05, 0.1) is 16.7 Å². The molecule has 0 aliphatic heterocycles. The molecular formula is C17H18N2O. The van der Waals surface area contributed by atoms with E-state index in [1.807, 2.05) is 57.2 Å². The van der Waals surface area contributed by atoms with Crippen molar-refractivity contribution >= 4 is 21.8 Å². The molecule has 0 aliphatic carbocycles. The molecule has 0 spiro atoms. The maximum absolute atomic E-state index is 10.6. The highest BCUT2D eigenvalue weighted by Gasteiger charge is 2.29. The number of rotatable bonds is 2. The molecule has 1 N–H and O–H groups in total. The predicted octanol–water partition coefficient (Wildman–Crippen LogP) is 3.65. The zero-order valence-electron chi connectivity index (χ0n) is 12.0. The molecule has 20 heavy (non-hydrogen) atoms. The predicted molar refractivity (Wildman–Crippen MR) is 81.5 cm³/mol. The van der Waals surface area contributed by atoms with Crippen molar-refractivity contribution in [1.29, 1.82) is 0 Å². The van der Waals surface area contributed by atoms with E-state index < -0.39 is 5.60 Å². The molecule has 0 saturated heterocycles. The van der Waals surface area contributed by atoms with E-state index >= 15 is 0 Å². The molecule has 0 saturated carbocycles. The molecule has 2 aromatic heterocycles. The first-order valence-electron chi connectivity index (χ1n) is 6.87. The van der Waals surface area contributed by atoms with Gasteiger partial charge in [0.1, 0.15) is 5.60 Å². The van der Waals surface area contributed by atoms with Crippen molar-refractivity contribution in [1.82, 2.24) is 9.97 Å². The van der Waals surface area contributed by atoms with Gasteiger partial charge in [0.15, 0.2) is 0 Å².